The summed E-state index contributed by atoms with van der Waals surface area (Å²) >= 11 is 0. The molecule has 0 saturated heterocycles. The number of hydrogen-bond acceptors (Lipinski definition) is 3. The minimum atomic E-state index is -0.973. The first-order valence-electron chi connectivity index (χ1n) is 8.02. The van der Waals surface area contributed by atoms with Crippen molar-refractivity contribution >= 4 is 17.1 Å². The van der Waals surface area contributed by atoms with Crippen molar-refractivity contribution in [2.75, 3.05) is 0 Å². The molecule has 4 nitrogen and oxygen atoms in total. The van der Waals surface area contributed by atoms with Crippen molar-refractivity contribution in [2.24, 2.45) is 0 Å². The van der Waals surface area contributed by atoms with Gasteiger partial charge in [0.05, 0.1) is 5.56 Å². The minimum Gasteiger partial charge on any atom is -0.478 e. The van der Waals surface area contributed by atoms with Gasteiger partial charge < -0.3 is 9.52 Å². The maximum Gasteiger partial charge on any atom is 0.335 e. The predicted molar refractivity (Wildman–Crippen MR) is 96.5 cm³/mol. The fraction of sp³-hybridized carbons (Fsp3) is 0.0476. The van der Waals surface area contributed by atoms with E-state index < -0.39 is 5.97 Å². The van der Waals surface area contributed by atoms with E-state index in [4.69, 9.17) is 9.52 Å². The number of aryl methyl sites for hydroxylation is 1. The average molecular weight is 347 g/mol. The Bertz CT molecular complexity index is 1130. The molecule has 0 atom stereocenters. The number of rotatable bonds is 3. The molecule has 0 radical (unpaired) electrons. The molecule has 0 aliphatic heterocycles. The lowest BCUT2D eigenvalue weighted by molar-refractivity contribution is 0.0697. The van der Waals surface area contributed by atoms with E-state index in [1.807, 2.05) is 19.1 Å². The van der Waals surface area contributed by atoms with Crippen LogP contribution in [0.2, 0.25) is 0 Å². The van der Waals surface area contributed by atoms with Gasteiger partial charge in [0.25, 0.3) is 0 Å². The molecule has 0 amide bonds. The quantitative estimate of drug-likeness (QED) is 0.546. The van der Waals surface area contributed by atoms with Gasteiger partial charge in [-0.25, -0.2) is 14.2 Å². The van der Waals surface area contributed by atoms with Crippen LogP contribution >= 0.6 is 0 Å². The van der Waals surface area contributed by atoms with Gasteiger partial charge in [-0.2, -0.15) is 0 Å². The van der Waals surface area contributed by atoms with Crippen molar-refractivity contribution in [3.8, 4) is 22.5 Å². The fourth-order valence-electron chi connectivity index (χ4n) is 2.96. The zero-order valence-corrected chi connectivity index (χ0v) is 13.9. The van der Waals surface area contributed by atoms with Crippen LogP contribution in [0, 0.1) is 12.7 Å². The van der Waals surface area contributed by atoms with E-state index in [9.17, 15) is 9.18 Å². The SMILES string of the molecule is Cc1c(-c2ccc(F)cc2)oc2ncc(-c3cccc(C(=O)O)c3)cc12. The molecule has 2 aromatic heterocycles. The monoisotopic (exact) mass is 347 g/mol. The smallest absolute Gasteiger partial charge is 0.335 e. The lowest BCUT2D eigenvalue weighted by Gasteiger charge is -2.03. The van der Waals surface area contributed by atoms with Gasteiger partial charge in [-0.3, -0.25) is 0 Å². The Balaban J connectivity index is 1.83. The van der Waals surface area contributed by atoms with Gasteiger partial charge in [0.15, 0.2) is 0 Å². The Hall–Kier alpha value is -3.47. The summed E-state index contributed by atoms with van der Waals surface area (Å²) in [7, 11) is 0. The summed E-state index contributed by atoms with van der Waals surface area (Å²) in [4.78, 5) is 15.5. The number of carboxylic acid groups (broad SMARTS) is 1. The summed E-state index contributed by atoms with van der Waals surface area (Å²) in [5.41, 5.74) is 3.95. The summed E-state index contributed by atoms with van der Waals surface area (Å²) in [5, 5.41) is 10.00. The van der Waals surface area contributed by atoms with Crippen LogP contribution in [0.5, 0.6) is 0 Å². The maximum atomic E-state index is 13.2. The minimum absolute atomic E-state index is 0.221. The number of pyridine rings is 1. The van der Waals surface area contributed by atoms with Gasteiger partial charge in [0.1, 0.15) is 11.6 Å². The van der Waals surface area contributed by atoms with E-state index in [1.165, 1.54) is 12.1 Å². The first kappa shape index (κ1) is 16.0. The van der Waals surface area contributed by atoms with Crippen molar-refractivity contribution in [3.63, 3.8) is 0 Å². The molecule has 0 unspecified atom stereocenters. The molecule has 0 aliphatic carbocycles. The Labute approximate surface area is 148 Å². The van der Waals surface area contributed by atoms with E-state index in [2.05, 4.69) is 4.98 Å². The largest absolute Gasteiger partial charge is 0.478 e. The second kappa shape index (κ2) is 6.11. The molecule has 128 valence electrons. The van der Waals surface area contributed by atoms with Crippen molar-refractivity contribution in [1.82, 2.24) is 4.98 Å². The van der Waals surface area contributed by atoms with Crippen LogP contribution in [0.3, 0.4) is 0 Å². The summed E-state index contributed by atoms with van der Waals surface area (Å²) in [6.45, 7) is 1.92. The van der Waals surface area contributed by atoms with E-state index in [0.717, 1.165) is 27.6 Å². The molecule has 0 saturated carbocycles. The topological polar surface area (TPSA) is 63.3 Å². The Morgan fingerprint density at radius 2 is 1.81 bits per heavy atom. The highest BCUT2D eigenvalue weighted by Gasteiger charge is 2.15. The zero-order valence-electron chi connectivity index (χ0n) is 13.9. The third kappa shape index (κ3) is 2.73. The summed E-state index contributed by atoms with van der Waals surface area (Å²) in [5.74, 6) is -0.635. The van der Waals surface area contributed by atoms with Crippen LogP contribution in [0.25, 0.3) is 33.6 Å². The highest BCUT2D eigenvalue weighted by Crippen LogP contribution is 2.34. The second-order valence-corrected chi connectivity index (χ2v) is 6.03. The third-order valence-electron chi connectivity index (χ3n) is 4.34. The highest BCUT2D eigenvalue weighted by molar-refractivity contribution is 5.91. The number of hydrogen-bond donors (Lipinski definition) is 1. The Kier molecular flexibility index (Phi) is 3.77. The van der Waals surface area contributed by atoms with Gasteiger partial charge in [0, 0.05) is 28.3 Å². The molecular formula is C21H14FNO3. The number of carboxylic acids is 1. The van der Waals surface area contributed by atoms with Gasteiger partial charge in [-0.05, 0) is 55.0 Å². The molecule has 0 spiro atoms. The van der Waals surface area contributed by atoms with Gasteiger partial charge >= 0.3 is 5.97 Å². The number of aromatic carboxylic acids is 1. The van der Waals surface area contributed by atoms with Crippen LogP contribution in [0.15, 0.2) is 65.2 Å². The van der Waals surface area contributed by atoms with Crippen LogP contribution in [0.4, 0.5) is 4.39 Å². The van der Waals surface area contributed by atoms with Crippen molar-refractivity contribution in [1.29, 1.82) is 0 Å². The highest BCUT2D eigenvalue weighted by atomic mass is 19.1. The van der Waals surface area contributed by atoms with E-state index in [0.29, 0.717) is 11.5 Å². The number of furan rings is 1. The number of carbonyl (C=O) groups is 1. The molecule has 0 fully saturated rings. The molecule has 0 aliphatic rings. The van der Waals surface area contributed by atoms with Crippen molar-refractivity contribution in [3.05, 3.63) is 77.7 Å². The lowest BCUT2D eigenvalue weighted by atomic mass is 10.0. The molecule has 2 aromatic carbocycles. The summed E-state index contributed by atoms with van der Waals surface area (Å²) < 4.78 is 19.0. The maximum absolute atomic E-state index is 13.2. The molecule has 4 rings (SSSR count). The van der Waals surface area contributed by atoms with E-state index >= 15 is 0 Å². The molecule has 5 heteroatoms. The van der Waals surface area contributed by atoms with Crippen LogP contribution in [-0.4, -0.2) is 16.1 Å². The van der Waals surface area contributed by atoms with Crippen molar-refractivity contribution in [2.45, 2.75) is 6.92 Å². The Morgan fingerprint density at radius 3 is 2.54 bits per heavy atom. The number of halogens is 1. The number of fused-ring (bicyclic) bond motifs is 1. The Morgan fingerprint density at radius 1 is 1.04 bits per heavy atom. The van der Waals surface area contributed by atoms with Crippen LogP contribution in [0.1, 0.15) is 15.9 Å². The van der Waals surface area contributed by atoms with Crippen LogP contribution in [-0.2, 0) is 0 Å². The molecule has 1 N–H and O–H groups in total. The standard InChI is InChI=1S/C21H14FNO3/c1-12-18-10-16(14-3-2-4-15(9-14)21(24)25)11-23-20(18)26-19(12)13-5-7-17(22)8-6-13/h2-11H,1H3,(H,24,25). The molecule has 26 heavy (non-hydrogen) atoms. The summed E-state index contributed by atoms with van der Waals surface area (Å²) in [6.07, 6.45) is 1.65. The zero-order chi connectivity index (χ0) is 18.3. The van der Waals surface area contributed by atoms with Crippen molar-refractivity contribution < 1.29 is 18.7 Å². The molecule has 0 bridgehead atoms. The van der Waals surface area contributed by atoms with E-state index in [1.54, 1.807) is 36.5 Å². The van der Waals surface area contributed by atoms with Crippen LogP contribution < -0.4 is 0 Å². The molecular weight excluding hydrogens is 333 g/mol. The summed E-state index contributed by atoms with van der Waals surface area (Å²) in [6, 6.07) is 14.7. The average Bonchev–Trinajstić information content (AvgIpc) is 2.99. The predicted octanol–water partition coefficient (Wildman–Crippen LogP) is 5.31. The van der Waals surface area contributed by atoms with Gasteiger partial charge in [-0.15, -0.1) is 0 Å². The lowest BCUT2D eigenvalue weighted by Crippen LogP contribution is -1.95. The van der Waals surface area contributed by atoms with Gasteiger partial charge in [0.2, 0.25) is 5.71 Å². The normalized spacial score (nSPS) is 11.0. The first-order valence-corrected chi connectivity index (χ1v) is 8.02. The molecule has 2 heterocycles. The fourth-order valence-corrected chi connectivity index (χ4v) is 2.96. The van der Waals surface area contributed by atoms with Gasteiger partial charge in [-0.1, -0.05) is 12.1 Å². The van der Waals surface area contributed by atoms with E-state index in [-0.39, 0.29) is 11.4 Å². The number of aromatic nitrogens is 1. The second-order valence-electron chi connectivity index (χ2n) is 6.03. The third-order valence-corrected chi connectivity index (χ3v) is 4.34. The number of nitrogens with zero attached hydrogens (tertiary/aromatic N) is 1. The first-order chi connectivity index (χ1) is 12.5. The molecule has 4 aromatic rings. The number of benzene rings is 2.